The molecule has 0 spiro atoms. The Morgan fingerprint density at radius 1 is 1.53 bits per heavy atom. The Morgan fingerprint density at radius 3 is 3.07 bits per heavy atom. The molecule has 1 aliphatic rings. The second kappa shape index (κ2) is 4.19. The third-order valence-corrected chi connectivity index (χ3v) is 2.77. The maximum absolute atomic E-state index is 11.7. The molecule has 80 valence electrons. The summed E-state index contributed by atoms with van der Waals surface area (Å²) in [5.74, 6) is 0.883. The lowest BCUT2D eigenvalue weighted by molar-refractivity contribution is -0.117. The van der Waals surface area contributed by atoms with Gasteiger partial charge in [-0.3, -0.25) is 9.69 Å². The van der Waals surface area contributed by atoms with Crippen LogP contribution in [-0.4, -0.2) is 17.4 Å². The van der Waals surface area contributed by atoms with Gasteiger partial charge < -0.3 is 0 Å². The van der Waals surface area contributed by atoms with E-state index in [4.69, 9.17) is 11.6 Å². The number of carbonyl (C=O) groups is 1. The van der Waals surface area contributed by atoms with Crippen molar-refractivity contribution in [2.75, 3.05) is 11.4 Å². The summed E-state index contributed by atoms with van der Waals surface area (Å²) < 4.78 is 0. The summed E-state index contributed by atoms with van der Waals surface area (Å²) in [7, 11) is 0. The van der Waals surface area contributed by atoms with E-state index in [0.29, 0.717) is 11.6 Å². The van der Waals surface area contributed by atoms with E-state index in [0.717, 1.165) is 30.8 Å². The third-order valence-electron chi connectivity index (χ3n) is 2.56. The van der Waals surface area contributed by atoms with E-state index < -0.39 is 0 Å². The summed E-state index contributed by atoms with van der Waals surface area (Å²) in [5, 5.41) is 0.449. The lowest BCUT2D eigenvalue weighted by atomic mass is 10.2. The predicted octanol–water partition coefficient (Wildman–Crippen LogP) is 2.42. The van der Waals surface area contributed by atoms with Gasteiger partial charge in [-0.2, -0.15) is 0 Å². The molecule has 1 aromatic rings. The molecule has 0 aliphatic carbocycles. The molecular weight excluding hydrogens is 212 g/mol. The van der Waals surface area contributed by atoms with Gasteiger partial charge in [-0.1, -0.05) is 31.0 Å². The van der Waals surface area contributed by atoms with Crippen LogP contribution in [0.3, 0.4) is 0 Å². The largest absolute Gasteiger partial charge is 0.296 e. The van der Waals surface area contributed by atoms with Crippen LogP contribution in [0.2, 0.25) is 5.15 Å². The van der Waals surface area contributed by atoms with Crippen molar-refractivity contribution in [1.29, 1.82) is 0 Å². The summed E-state index contributed by atoms with van der Waals surface area (Å²) in [5.41, 5.74) is 0.987. The van der Waals surface area contributed by atoms with Crippen LogP contribution >= 0.6 is 11.6 Å². The first-order valence-corrected chi connectivity index (χ1v) is 5.56. The van der Waals surface area contributed by atoms with Crippen LogP contribution in [0, 0.1) is 0 Å². The van der Waals surface area contributed by atoms with E-state index in [2.05, 4.69) is 11.9 Å². The molecule has 0 bridgehead atoms. The van der Waals surface area contributed by atoms with E-state index in [1.807, 2.05) is 6.07 Å². The van der Waals surface area contributed by atoms with Crippen LogP contribution in [-0.2, 0) is 11.2 Å². The number of aromatic nitrogens is 1. The van der Waals surface area contributed by atoms with Crippen molar-refractivity contribution < 1.29 is 4.79 Å². The van der Waals surface area contributed by atoms with Gasteiger partial charge in [0.25, 0.3) is 0 Å². The average Bonchev–Trinajstić information content (AvgIpc) is 2.51. The Labute approximate surface area is 94.1 Å². The normalized spacial score (nSPS) is 14.5. The highest BCUT2D eigenvalue weighted by molar-refractivity contribution is 6.29. The summed E-state index contributed by atoms with van der Waals surface area (Å²) in [4.78, 5) is 17.6. The van der Waals surface area contributed by atoms with Crippen LogP contribution in [0.15, 0.2) is 12.1 Å². The van der Waals surface area contributed by atoms with Gasteiger partial charge in [-0.15, -0.1) is 0 Å². The zero-order chi connectivity index (χ0) is 10.8. The van der Waals surface area contributed by atoms with Gasteiger partial charge in [0.2, 0.25) is 5.91 Å². The van der Waals surface area contributed by atoms with Gasteiger partial charge in [0.15, 0.2) is 0 Å². The Morgan fingerprint density at radius 2 is 2.33 bits per heavy atom. The molecule has 1 aliphatic heterocycles. The minimum Gasteiger partial charge on any atom is -0.296 e. The van der Waals surface area contributed by atoms with E-state index in [9.17, 15) is 4.79 Å². The first-order valence-electron chi connectivity index (χ1n) is 5.18. The number of nitrogens with zero attached hydrogens (tertiary/aromatic N) is 2. The monoisotopic (exact) mass is 224 g/mol. The van der Waals surface area contributed by atoms with Crippen molar-refractivity contribution in [3.05, 3.63) is 22.8 Å². The number of fused-ring (bicyclic) bond motifs is 1. The number of halogens is 1. The number of unbranched alkanes of at least 4 members (excludes halogenated alkanes) is 1. The van der Waals surface area contributed by atoms with Gasteiger partial charge >= 0.3 is 0 Å². The molecular formula is C11H13ClN2O. The molecule has 0 aromatic carbocycles. The molecule has 15 heavy (non-hydrogen) atoms. The summed E-state index contributed by atoms with van der Waals surface area (Å²) in [6, 6.07) is 3.62. The first kappa shape index (κ1) is 10.4. The minimum atomic E-state index is 0.133. The zero-order valence-electron chi connectivity index (χ0n) is 8.66. The Kier molecular flexibility index (Phi) is 2.91. The topological polar surface area (TPSA) is 33.2 Å². The van der Waals surface area contributed by atoms with E-state index in [1.54, 1.807) is 11.0 Å². The molecule has 4 heteroatoms. The van der Waals surface area contributed by atoms with Crippen LogP contribution in [0.25, 0.3) is 0 Å². The molecule has 0 fully saturated rings. The highest BCUT2D eigenvalue weighted by Crippen LogP contribution is 2.28. The van der Waals surface area contributed by atoms with E-state index in [-0.39, 0.29) is 5.91 Å². The SMILES string of the molecule is CCCCN1C(=O)Cc2ccc(Cl)nc21. The van der Waals surface area contributed by atoms with Gasteiger partial charge in [0, 0.05) is 12.1 Å². The van der Waals surface area contributed by atoms with Crippen LogP contribution < -0.4 is 4.90 Å². The number of anilines is 1. The Bertz CT molecular complexity index is 392. The molecule has 0 atom stereocenters. The maximum atomic E-state index is 11.7. The van der Waals surface area contributed by atoms with Gasteiger partial charge in [-0.25, -0.2) is 4.98 Å². The van der Waals surface area contributed by atoms with Gasteiger partial charge in [-0.05, 0) is 12.5 Å². The Hall–Kier alpha value is -1.09. The fraction of sp³-hybridized carbons (Fsp3) is 0.455. The molecule has 3 nitrogen and oxygen atoms in total. The van der Waals surface area contributed by atoms with Crippen molar-refractivity contribution in [3.8, 4) is 0 Å². The van der Waals surface area contributed by atoms with Crippen molar-refractivity contribution in [2.45, 2.75) is 26.2 Å². The molecule has 2 heterocycles. The number of carbonyl (C=O) groups excluding carboxylic acids is 1. The van der Waals surface area contributed by atoms with Crippen molar-refractivity contribution in [1.82, 2.24) is 4.98 Å². The van der Waals surface area contributed by atoms with Crippen molar-refractivity contribution in [3.63, 3.8) is 0 Å². The highest BCUT2D eigenvalue weighted by atomic mass is 35.5. The number of pyridine rings is 1. The van der Waals surface area contributed by atoms with Crippen LogP contribution in [0.5, 0.6) is 0 Å². The molecule has 0 N–H and O–H groups in total. The molecule has 0 radical (unpaired) electrons. The van der Waals surface area contributed by atoms with Crippen molar-refractivity contribution >= 4 is 23.3 Å². The number of rotatable bonds is 3. The van der Waals surface area contributed by atoms with Crippen LogP contribution in [0.1, 0.15) is 25.3 Å². The van der Waals surface area contributed by atoms with Gasteiger partial charge in [0.1, 0.15) is 11.0 Å². The van der Waals surface area contributed by atoms with Gasteiger partial charge in [0.05, 0.1) is 6.42 Å². The molecule has 1 amide bonds. The summed E-state index contributed by atoms with van der Waals surface area (Å²) in [6.07, 6.45) is 2.53. The second-order valence-electron chi connectivity index (χ2n) is 3.69. The zero-order valence-corrected chi connectivity index (χ0v) is 9.42. The number of amides is 1. The highest BCUT2D eigenvalue weighted by Gasteiger charge is 2.27. The molecule has 0 saturated heterocycles. The number of hydrogen-bond acceptors (Lipinski definition) is 2. The second-order valence-corrected chi connectivity index (χ2v) is 4.08. The lowest BCUT2D eigenvalue weighted by Crippen LogP contribution is -2.28. The fourth-order valence-electron chi connectivity index (χ4n) is 1.75. The molecule has 0 unspecified atom stereocenters. The summed E-state index contributed by atoms with van der Waals surface area (Å²) in [6.45, 7) is 2.85. The number of hydrogen-bond donors (Lipinski definition) is 0. The first-order chi connectivity index (χ1) is 7.22. The van der Waals surface area contributed by atoms with Crippen LogP contribution in [0.4, 0.5) is 5.82 Å². The lowest BCUT2D eigenvalue weighted by Gasteiger charge is -2.15. The molecule has 0 saturated carbocycles. The average molecular weight is 225 g/mol. The van der Waals surface area contributed by atoms with E-state index >= 15 is 0 Å². The Balaban J connectivity index is 2.27. The molecule has 2 rings (SSSR count). The van der Waals surface area contributed by atoms with E-state index in [1.165, 1.54) is 0 Å². The fourth-order valence-corrected chi connectivity index (χ4v) is 1.89. The van der Waals surface area contributed by atoms with Crippen molar-refractivity contribution in [2.24, 2.45) is 0 Å². The molecule has 1 aromatic heterocycles. The minimum absolute atomic E-state index is 0.133. The smallest absolute Gasteiger partial charge is 0.232 e. The standard InChI is InChI=1S/C11H13ClN2O/c1-2-3-6-14-10(15)7-8-4-5-9(12)13-11(8)14/h4-5H,2-3,6-7H2,1H3. The summed E-state index contributed by atoms with van der Waals surface area (Å²) >= 11 is 5.82. The maximum Gasteiger partial charge on any atom is 0.232 e. The quantitative estimate of drug-likeness (QED) is 0.739. The third kappa shape index (κ3) is 1.97. The predicted molar refractivity (Wildman–Crippen MR) is 60.2 cm³/mol.